The summed E-state index contributed by atoms with van der Waals surface area (Å²) < 4.78 is 0. The smallest absolute Gasteiger partial charge is 0.101 e. The summed E-state index contributed by atoms with van der Waals surface area (Å²) in [6.07, 6.45) is 9.59. The van der Waals surface area contributed by atoms with E-state index in [2.05, 4.69) is 20.8 Å². The molecular weight excluding hydrogens is 190 g/mol. The summed E-state index contributed by atoms with van der Waals surface area (Å²) in [5, 5.41) is 10.5. The molecule has 4 N–H and O–H groups in total. The Hall–Kier alpha value is -0.940. The zero-order valence-electron chi connectivity index (χ0n) is 8.95. The van der Waals surface area contributed by atoms with Crippen LogP contribution in [0.1, 0.15) is 50.3 Å². The van der Waals surface area contributed by atoms with Gasteiger partial charge in [-0.2, -0.15) is 15.4 Å². The molecule has 84 valence electrons. The van der Waals surface area contributed by atoms with E-state index in [1.807, 2.05) is 0 Å². The average molecular weight is 209 g/mol. The summed E-state index contributed by atoms with van der Waals surface area (Å²) in [6, 6.07) is 0.145. The Morgan fingerprint density at radius 2 is 2.27 bits per heavy atom. The maximum absolute atomic E-state index is 5.55. The first-order valence-electron chi connectivity index (χ1n) is 5.72. The largest absolute Gasteiger partial charge is 0.271 e. The molecule has 1 aromatic heterocycles. The first kappa shape index (κ1) is 10.6. The average Bonchev–Trinajstić information content (AvgIpc) is 2.81. The van der Waals surface area contributed by atoms with Gasteiger partial charge < -0.3 is 0 Å². The number of H-pyrrole nitrogens is 1. The van der Waals surface area contributed by atoms with Gasteiger partial charge in [0.15, 0.2) is 0 Å². The Labute approximate surface area is 89.8 Å². The second-order valence-corrected chi connectivity index (χ2v) is 4.35. The molecule has 15 heavy (non-hydrogen) atoms. The number of aromatic amines is 1. The third-order valence-corrected chi connectivity index (χ3v) is 3.29. The Morgan fingerprint density at radius 1 is 1.47 bits per heavy atom. The molecule has 0 aromatic carbocycles. The van der Waals surface area contributed by atoms with Gasteiger partial charge in [-0.3, -0.25) is 11.3 Å². The van der Waals surface area contributed by atoms with E-state index in [1.165, 1.54) is 32.1 Å². The van der Waals surface area contributed by atoms with E-state index in [0.29, 0.717) is 0 Å². The van der Waals surface area contributed by atoms with Crippen LogP contribution < -0.4 is 11.3 Å². The van der Waals surface area contributed by atoms with Gasteiger partial charge in [0.25, 0.3) is 0 Å². The quantitative estimate of drug-likeness (QED) is 0.515. The Bertz CT molecular complexity index is 265. The summed E-state index contributed by atoms with van der Waals surface area (Å²) in [4.78, 5) is 0. The van der Waals surface area contributed by atoms with Crippen LogP contribution >= 0.6 is 0 Å². The van der Waals surface area contributed by atoms with Crippen molar-refractivity contribution in [3.63, 3.8) is 0 Å². The van der Waals surface area contributed by atoms with Crippen molar-refractivity contribution in [3.8, 4) is 0 Å². The van der Waals surface area contributed by atoms with Crippen LogP contribution in [0.15, 0.2) is 6.20 Å². The second kappa shape index (κ2) is 5.23. The molecule has 0 radical (unpaired) electrons. The van der Waals surface area contributed by atoms with E-state index >= 15 is 0 Å². The molecule has 1 aliphatic rings. The lowest BCUT2D eigenvalue weighted by atomic mass is 9.84. The molecule has 1 aliphatic carbocycles. The van der Waals surface area contributed by atoms with Crippen molar-refractivity contribution in [2.45, 2.75) is 44.6 Å². The summed E-state index contributed by atoms with van der Waals surface area (Å²) in [6.45, 7) is 0. The number of aromatic nitrogens is 3. The van der Waals surface area contributed by atoms with Gasteiger partial charge in [-0.05, 0) is 12.3 Å². The number of nitrogens with two attached hydrogens (primary N) is 1. The number of hydrogen-bond acceptors (Lipinski definition) is 4. The molecule has 0 bridgehead atoms. The zero-order chi connectivity index (χ0) is 10.5. The number of hydrogen-bond donors (Lipinski definition) is 3. The maximum Gasteiger partial charge on any atom is 0.101 e. The Kier molecular flexibility index (Phi) is 3.69. The van der Waals surface area contributed by atoms with Crippen LogP contribution in [0.3, 0.4) is 0 Å². The van der Waals surface area contributed by atoms with Gasteiger partial charge >= 0.3 is 0 Å². The summed E-state index contributed by atoms with van der Waals surface area (Å²) in [5.41, 5.74) is 3.75. The predicted molar refractivity (Wildman–Crippen MR) is 57.6 cm³/mol. The first-order chi connectivity index (χ1) is 7.40. The normalized spacial score (nSPS) is 20.3. The number of rotatable bonds is 4. The molecule has 0 spiro atoms. The molecule has 1 heterocycles. The van der Waals surface area contributed by atoms with E-state index < -0.39 is 0 Å². The highest BCUT2D eigenvalue weighted by molar-refractivity contribution is 4.99. The standard InChI is InChI=1S/C10H19N5/c11-13-9(10-7-12-15-14-10)6-8-4-2-1-3-5-8/h7-9,13H,1-6,11H2,(H,12,14,15). The van der Waals surface area contributed by atoms with Crippen molar-refractivity contribution < 1.29 is 0 Å². The third kappa shape index (κ3) is 2.76. The van der Waals surface area contributed by atoms with Gasteiger partial charge in [0.2, 0.25) is 0 Å². The highest BCUT2D eigenvalue weighted by atomic mass is 15.3. The van der Waals surface area contributed by atoms with Crippen LogP contribution in [-0.4, -0.2) is 15.4 Å². The van der Waals surface area contributed by atoms with Crippen LogP contribution in [0.5, 0.6) is 0 Å². The molecule has 5 nitrogen and oxygen atoms in total. The van der Waals surface area contributed by atoms with Crippen LogP contribution in [-0.2, 0) is 0 Å². The minimum absolute atomic E-state index is 0.145. The van der Waals surface area contributed by atoms with Crippen molar-refractivity contribution >= 4 is 0 Å². The fourth-order valence-electron chi connectivity index (χ4n) is 2.41. The molecule has 1 saturated carbocycles. The van der Waals surface area contributed by atoms with E-state index in [-0.39, 0.29) is 6.04 Å². The van der Waals surface area contributed by atoms with Crippen molar-refractivity contribution in [1.29, 1.82) is 0 Å². The van der Waals surface area contributed by atoms with Gasteiger partial charge in [0.1, 0.15) is 5.69 Å². The lowest BCUT2D eigenvalue weighted by Crippen LogP contribution is -2.30. The van der Waals surface area contributed by atoms with Gasteiger partial charge in [-0.25, -0.2) is 0 Å². The van der Waals surface area contributed by atoms with Gasteiger partial charge in [-0.1, -0.05) is 32.1 Å². The monoisotopic (exact) mass is 209 g/mol. The van der Waals surface area contributed by atoms with Crippen LogP contribution in [0.4, 0.5) is 0 Å². The van der Waals surface area contributed by atoms with E-state index in [9.17, 15) is 0 Å². The molecule has 1 unspecified atom stereocenters. The molecule has 0 saturated heterocycles. The molecule has 2 rings (SSSR count). The lowest BCUT2D eigenvalue weighted by molar-refractivity contribution is 0.298. The zero-order valence-corrected chi connectivity index (χ0v) is 8.95. The highest BCUT2D eigenvalue weighted by Gasteiger charge is 2.20. The highest BCUT2D eigenvalue weighted by Crippen LogP contribution is 2.30. The molecule has 0 aliphatic heterocycles. The fourth-order valence-corrected chi connectivity index (χ4v) is 2.41. The summed E-state index contributed by atoms with van der Waals surface area (Å²) in [5.74, 6) is 6.34. The van der Waals surface area contributed by atoms with Crippen LogP contribution in [0, 0.1) is 5.92 Å². The molecule has 1 fully saturated rings. The minimum atomic E-state index is 0.145. The Balaban J connectivity index is 1.90. The van der Waals surface area contributed by atoms with E-state index in [4.69, 9.17) is 5.84 Å². The Morgan fingerprint density at radius 3 is 2.87 bits per heavy atom. The third-order valence-electron chi connectivity index (χ3n) is 3.29. The minimum Gasteiger partial charge on any atom is -0.271 e. The first-order valence-corrected chi connectivity index (χ1v) is 5.72. The van der Waals surface area contributed by atoms with E-state index in [0.717, 1.165) is 18.0 Å². The van der Waals surface area contributed by atoms with Gasteiger partial charge in [0.05, 0.1) is 12.2 Å². The van der Waals surface area contributed by atoms with Crippen molar-refractivity contribution in [1.82, 2.24) is 20.8 Å². The van der Waals surface area contributed by atoms with Gasteiger partial charge in [0, 0.05) is 0 Å². The van der Waals surface area contributed by atoms with Crippen LogP contribution in [0.25, 0.3) is 0 Å². The number of nitrogens with one attached hydrogen (secondary N) is 2. The SMILES string of the molecule is NNC(CC1CCCCC1)c1cn[nH]n1. The molecule has 1 aromatic rings. The van der Waals surface area contributed by atoms with Crippen molar-refractivity contribution in [2.75, 3.05) is 0 Å². The number of nitrogens with zero attached hydrogens (tertiary/aromatic N) is 2. The van der Waals surface area contributed by atoms with E-state index in [1.54, 1.807) is 6.20 Å². The number of hydrazine groups is 1. The summed E-state index contributed by atoms with van der Waals surface area (Å²) >= 11 is 0. The lowest BCUT2D eigenvalue weighted by Gasteiger charge is -2.25. The fraction of sp³-hybridized carbons (Fsp3) is 0.800. The summed E-state index contributed by atoms with van der Waals surface area (Å²) in [7, 11) is 0. The van der Waals surface area contributed by atoms with Crippen LogP contribution in [0.2, 0.25) is 0 Å². The molecular formula is C10H19N5. The van der Waals surface area contributed by atoms with Crippen molar-refractivity contribution in [2.24, 2.45) is 11.8 Å². The maximum atomic E-state index is 5.55. The molecule has 0 amide bonds. The topological polar surface area (TPSA) is 79.6 Å². The van der Waals surface area contributed by atoms with Gasteiger partial charge in [-0.15, -0.1) is 0 Å². The second-order valence-electron chi connectivity index (χ2n) is 4.35. The van der Waals surface area contributed by atoms with Crippen molar-refractivity contribution in [3.05, 3.63) is 11.9 Å². The molecule has 5 heteroatoms. The predicted octanol–water partition coefficient (Wildman–Crippen LogP) is 1.28. The molecule has 1 atom stereocenters.